The third kappa shape index (κ3) is 1.90. The van der Waals surface area contributed by atoms with Gasteiger partial charge >= 0.3 is 0 Å². The molecule has 0 heterocycles. The van der Waals surface area contributed by atoms with Crippen molar-refractivity contribution in [1.29, 1.82) is 0 Å². The molecule has 2 nitrogen and oxygen atoms in total. The first-order valence-corrected chi connectivity index (χ1v) is 4.08. The third-order valence-electron chi connectivity index (χ3n) is 2.24. The van der Waals surface area contributed by atoms with E-state index in [1.54, 1.807) is 0 Å². The molecule has 0 aromatic rings. The first kappa shape index (κ1) is 8.47. The maximum absolute atomic E-state index is 11.1. The van der Waals surface area contributed by atoms with Gasteiger partial charge in [-0.05, 0) is 31.8 Å². The summed E-state index contributed by atoms with van der Waals surface area (Å²) in [6, 6.07) is 0. The minimum Gasteiger partial charge on any atom is -0.396 e. The second kappa shape index (κ2) is 3.67. The molecule has 2 heteroatoms. The maximum atomic E-state index is 11.1. The molecule has 0 unspecified atom stereocenters. The van der Waals surface area contributed by atoms with Gasteiger partial charge < -0.3 is 5.11 Å². The molecule has 62 valence electrons. The molecule has 0 radical (unpaired) electrons. The largest absolute Gasteiger partial charge is 0.396 e. The highest BCUT2D eigenvalue weighted by Gasteiger charge is 2.15. The molecule has 0 saturated heterocycles. The van der Waals surface area contributed by atoms with Crippen molar-refractivity contribution in [2.75, 3.05) is 6.61 Å². The van der Waals surface area contributed by atoms with Crippen molar-refractivity contribution in [3.63, 3.8) is 0 Å². The molecule has 1 aliphatic carbocycles. The van der Waals surface area contributed by atoms with Crippen LogP contribution < -0.4 is 0 Å². The van der Waals surface area contributed by atoms with Crippen LogP contribution >= 0.6 is 0 Å². The van der Waals surface area contributed by atoms with Crippen molar-refractivity contribution in [2.24, 2.45) is 0 Å². The molecule has 1 N–H and O–H groups in total. The van der Waals surface area contributed by atoms with Crippen LogP contribution in [0.4, 0.5) is 0 Å². The highest BCUT2D eigenvalue weighted by molar-refractivity contribution is 5.96. The molecular formula is C9H14O2. The van der Waals surface area contributed by atoms with Crippen LogP contribution in [0.2, 0.25) is 0 Å². The normalized spacial score (nSPS) is 19.3. The molecule has 1 rings (SSSR count). The lowest BCUT2D eigenvalue weighted by molar-refractivity contribution is -0.116. The highest BCUT2D eigenvalue weighted by Crippen LogP contribution is 2.23. The van der Waals surface area contributed by atoms with Crippen LogP contribution in [-0.4, -0.2) is 17.5 Å². The Morgan fingerprint density at radius 3 is 2.82 bits per heavy atom. The predicted molar refractivity (Wildman–Crippen MR) is 43.3 cm³/mol. The van der Waals surface area contributed by atoms with Crippen LogP contribution in [0.3, 0.4) is 0 Å². The van der Waals surface area contributed by atoms with Crippen molar-refractivity contribution < 1.29 is 9.90 Å². The van der Waals surface area contributed by atoms with E-state index >= 15 is 0 Å². The van der Waals surface area contributed by atoms with E-state index in [9.17, 15) is 4.79 Å². The Kier molecular flexibility index (Phi) is 2.83. The SMILES string of the molecule is CC1=C(CCO)CCCC1=O. The van der Waals surface area contributed by atoms with Crippen LogP contribution in [0, 0.1) is 0 Å². The van der Waals surface area contributed by atoms with E-state index in [0.29, 0.717) is 12.8 Å². The zero-order valence-electron chi connectivity index (χ0n) is 6.89. The van der Waals surface area contributed by atoms with Gasteiger partial charge in [0.1, 0.15) is 0 Å². The zero-order chi connectivity index (χ0) is 8.27. The fraction of sp³-hybridized carbons (Fsp3) is 0.667. The second-order valence-electron chi connectivity index (χ2n) is 2.98. The molecule has 0 aromatic carbocycles. The van der Waals surface area contributed by atoms with E-state index in [1.165, 1.54) is 0 Å². The molecule has 11 heavy (non-hydrogen) atoms. The average Bonchev–Trinajstić information content (AvgIpc) is 1.99. The van der Waals surface area contributed by atoms with Gasteiger partial charge in [-0.25, -0.2) is 0 Å². The molecule has 0 spiro atoms. The smallest absolute Gasteiger partial charge is 0.158 e. The fourth-order valence-corrected chi connectivity index (χ4v) is 1.48. The van der Waals surface area contributed by atoms with E-state index in [0.717, 1.165) is 24.0 Å². The standard InChI is InChI=1S/C9H14O2/c1-7-8(5-6-10)3-2-4-9(7)11/h10H,2-6H2,1H3. The van der Waals surface area contributed by atoms with Crippen LogP contribution in [0.15, 0.2) is 11.1 Å². The second-order valence-corrected chi connectivity index (χ2v) is 2.98. The minimum atomic E-state index is 0.167. The molecule has 1 aliphatic rings. The van der Waals surface area contributed by atoms with Crippen molar-refractivity contribution in [1.82, 2.24) is 0 Å². The van der Waals surface area contributed by atoms with Crippen molar-refractivity contribution >= 4 is 5.78 Å². The molecule has 0 aliphatic heterocycles. The number of allylic oxidation sites excluding steroid dienone is 1. The quantitative estimate of drug-likeness (QED) is 0.653. The Hall–Kier alpha value is -0.630. The topological polar surface area (TPSA) is 37.3 Å². The molecule has 0 atom stereocenters. The number of Topliss-reactive ketones (excluding diaryl/α,β-unsaturated/α-hetero) is 1. The summed E-state index contributed by atoms with van der Waals surface area (Å²) in [5.74, 6) is 0.264. The van der Waals surface area contributed by atoms with Gasteiger partial charge in [-0.2, -0.15) is 0 Å². The number of hydrogen-bond donors (Lipinski definition) is 1. The van der Waals surface area contributed by atoms with Crippen molar-refractivity contribution in [2.45, 2.75) is 32.6 Å². The summed E-state index contributed by atoms with van der Waals surface area (Å²) in [6.45, 7) is 2.03. The Balaban J connectivity index is 2.71. The first-order valence-electron chi connectivity index (χ1n) is 4.08. The van der Waals surface area contributed by atoms with E-state index < -0.39 is 0 Å². The summed E-state index contributed by atoms with van der Waals surface area (Å²) in [7, 11) is 0. The lowest BCUT2D eigenvalue weighted by Crippen LogP contribution is -2.09. The summed E-state index contributed by atoms with van der Waals surface area (Å²) in [6.07, 6.45) is 3.34. The van der Waals surface area contributed by atoms with Crippen LogP contribution in [0.1, 0.15) is 32.6 Å². The summed E-state index contributed by atoms with van der Waals surface area (Å²) in [5, 5.41) is 8.68. The lowest BCUT2D eigenvalue weighted by Gasteiger charge is -2.15. The van der Waals surface area contributed by atoms with Crippen LogP contribution in [-0.2, 0) is 4.79 Å². The van der Waals surface area contributed by atoms with Gasteiger partial charge in [-0.15, -0.1) is 0 Å². The van der Waals surface area contributed by atoms with Crippen LogP contribution in [0.5, 0.6) is 0 Å². The van der Waals surface area contributed by atoms with Gasteiger partial charge in [-0.3, -0.25) is 4.79 Å². The number of ketones is 1. The van der Waals surface area contributed by atoms with E-state index in [-0.39, 0.29) is 12.4 Å². The van der Waals surface area contributed by atoms with Crippen LogP contribution in [0.25, 0.3) is 0 Å². The summed E-state index contributed by atoms with van der Waals surface area (Å²) in [5.41, 5.74) is 2.05. The van der Waals surface area contributed by atoms with E-state index in [1.807, 2.05) is 6.92 Å². The molecule has 0 saturated carbocycles. The average molecular weight is 154 g/mol. The van der Waals surface area contributed by atoms with Gasteiger partial charge in [0, 0.05) is 13.0 Å². The maximum Gasteiger partial charge on any atom is 0.158 e. The number of aliphatic hydroxyl groups is 1. The summed E-state index contributed by atoms with van der Waals surface area (Å²) < 4.78 is 0. The van der Waals surface area contributed by atoms with Gasteiger partial charge in [0.25, 0.3) is 0 Å². The van der Waals surface area contributed by atoms with Crippen molar-refractivity contribution in [3.05, 3.63) is 11.1 Å². The number of carbonyl (C=O) groups is 1. The Morgan fingerprint density at radius 1 is 1.45 bits per heavy atom. The Bertz CT molecular complexity index is 192. The monoisotopic (exact) mass is 154 g/mol. The molecule has 0 fully saturated rings. The van der Waals surface area contributed by atoms with Gasteiger partial charge in [-0.1, -0.05) is 5.57 Å². The summed E-state index contributed by atoms with van der Waals surface area (Å²) in [4.78, 5) is 11.1. The number of carbonyl (C=O) groups excluding carboxylic acids is 1. The molecule has 0 bridgehead atoms. The minimum absolute atomic E-state index is 0.167. The Morgan fingerprint density at radius 2 is 2.18 bits per heavy atom. The number of aliphatic hydroxyl groups excluding tert-OH is 1. The Labute approximate surface area is 66.9 Å². The zero-order valence-corrected chi connectivity index (χ0v) is 6.89. The molecule has 0 amide bonds. The highest BCUT2D eigenvalue weighted by atomic mass is 16.3. The number of hydrogen-bond acceptors (Lipinski definition) is 2. The van der Waals surface area contributed by atoms with Gasteiger partial charge in [0.2, 0.25) is 0 Å². The predicted octanol–water partition coefficient (Wildman–Crippen LogP) is 1.44. The third-order valence-corrected chi connectivity index (χ3v) is 2.24. The van der Waals surface area contributed by atoms with E-state index in [4.69, 9.17) is 5.11 Å². The molecular weight excluding hydrogens is 140 g/mol. The van der Waals surface area contributed by atoms with E-state index in [2.05, 4.69) is 0 Å². The van der Waals surface area contributed by atoms with Crippen molar-refractivity contribution in [3.8, 4) is 0 Å². The van der Waals surface area contributed by atoms with Gasteiger partial charge in [0.15, 0.2) is 5.78 Å². The first-order chi connectivity index (χ1) is 5.25. The fourth-order valence-electron chi connectivity index (χ4n) is 1.48. The summed E-state index contributed by atoms with van der Waals surface area (Å²) >= 11 is 0. The van der Waals surface area contributed by atoms with Gasteiger partial charge in [0.05, 0.1) is 0 Å². The lowest BCUT2D eigenvalue weighted by atomic mass is 9.90. The molecule has 0 aromatic heterocycles. The number of rotatable bonds is 2.